The summed E-state index contributed by atoms with van der Waals surface area (Å²) in [7, 11) is 3.49. The van der Waals surface area contributed by atoms with Crippen LogP contribution in [-0.2, 0) is 0 Å². The van der Waals surface area contributed by atoms with Gasteiger partial charge < -0.3 is 10.0 Å². The van der Waals surface area contributed by atoms with Crippen molar-refractivity contribution in [3.8, 4) is 0 Å². The molecule has 0 amide bonds. The highest BCUT2D eigenvalue weighted by atomic mass is 16.3. The fourth-order valence-corrected chi connectivity index (χ4v) is 1.02. The first-order valence-electron chi connectivity index (χ1n) is 4.04. The minimum atomic E-state index is -0.863. The zero-order chi connectivity index (χ0) is 9.78. The van der Waals surface area contributed by atoms with Gasteiger partial charge in [-0.1, -0.05) is 13.5 Å². The topological polar surface area (TPSA) is 35.8 Å². The van der Waals surface area contributed by atoms with E-state index < -0.39 is 5.60 Å². The highest BCUT2D eigenvalue weighted by molar-refractivity contribution is 5.90. The minimum Gasteiger partial charge on any atom is -0.382 e. The number of aliphatic hydroxyl groups is 1. The van der Waals surface area contributed by atoms with E-state index in [-0.39, 0.29) is 0 Å². The van der Waals surface area contributed by atoms with Crippen molar-refractivity contribution in [2.24, 2.45) is 4.99 Å². The van der Waals surface area contributed by atoms with E-state index >= 15 is 0 Å². The second-order valence-electron chi connectivity index (χ2n) is 2.97. The predicted molar refractivity (Wildman–Crippen MR) is 52.2 cm³/mol. The number of likely N-dealkylation sites (N-methyl/N-ethyl adjacent to an activating group) is 1. The van der Waals surface area contributed by atoms with Crippen molar-refractivity contribution in [1.82, 2.24) is 4.90 Å². The Balaban J connectivity index is 4.68. The van der Waals surface area contributed by atoms with E-state index in [0.29, 0.717) is 12.3 Å². The summed E-state index contributed by atoms with van der Waals surface area (Å²) in [6.45, 7) is 7.28. The van der Waals surface area contributed by atoms with Crippen LogP contribution in [0.3, 0.4) is 0 Å². The van der Waals surface area contributed by atoms with Crippen LogP contribution in [0, 0.1) is 0 Å². The maximum absolute atomic E-state index is 9.86. The Bertz CT molecular complexity index is 185. The average Bonchev–Trinajstić information content (AvgIpc) is 2.05. The summed E-state index contributed by atoms with van der Waals surface area (Å²) >= 11 is 0. The predicted octanol–water partition coefficient (Wildman–Crippen LogP) is 1.25. The Hall–Kier alpha value is -0.830. The quantitative estimate of drug-likeness (QED) is 0.511. The van der Waals surface area contributed by atoms with Crippen LogP contribution in [0.25, 0.3) is 0 Å². The van der Waals surface area contributed by atoms with Crippen molar-refractivity contribution >= 4 is 5.84 Å². The smallest absolute Gasteiger partial charge is 0.134 e. The molecule has 1 unspecified atom stereocenters. The van der Waals surface area contributed by atoms with Gasteiger partial charge in [0.2, 0.25) is 0 Å². The molecular weight excluding hydrogens is 152 g/mol. The van der Waals surface area contributed by atoms with Gasteiger partial charge in [0.15, 0.2) is 0 Å². The van der Waals surface area contributed by atoms with Crippen molar-refractivity contribution in [1.29, 1.82) is 0 Å². The lowest BCUT2D eigenvalue weighted by molar-refractivity contribution is 0.118. The molecule has 0 aromatic carbocycles. The molecular formula is C9H18N2O. The molecule has 1 N–H and O–H groups in total. The SMILES string of the molecule is C=CN(C)C(=NC)C(C)(O)CC. The van der Waals surface area contributed by atoms with Crippen molar-refractivity contribution in [2.75, 3.05) is 14.1 Å². The van der Waals surface area contributed by atoms with Crippen LogP contribution in [0.15, 0.2) is 17.8 Å². The summed E-state index contributed by atoms with van der Waals surface area (Å²) in [5.41, 5.74) is -0.863. The van der Waals surface area contributed by atoms with Crippen LogP contribution in [0.5, 0.6) is 0 Å². The van der Waals surface area contributed by atoms with Crippen molar-refractivity contribution in [3.63, 3.8) is 0 Å². The van der Waals surface area contributed by atoms with E-state index in [2.05, 4.69) is 11.6 Å². The lowest BCUT2D eigenvalue weighted by atomic mass is 10.0. The van der Waals surface area contributed by atoms with Gasteiger partial charge in [-0.25, -0.2) is 0 Å². The molecule has 0 saturated carbocycles. The summed E-state index contributed by atoms with van der Waals surface area (Å²) in [6, 6.07) is 0. The van der Waals surface area contributed by atoms with Gasteiger partial charge in [0.05, 0.1) is 0 Å². The second-order valence-corrected chi connectivity index (χ2v) is 2.97. The number of aliphatic imine (C=N–C) groups is 1. The zero-order valence-electron chi connectivity index (χ0n) is 8.33. The molecule has 3 heteroatoms. The standard InChI is InChI=1S/C9H18N2O/c1-6-9(3,12)8(10-4)11(5)7-2/h7,12H,2,6H2,1,3-5H3. The molecule has 1 atom stereocenters. The summed E-state index contributed by atoms with van der Waals surface area (Å²) < 4.78 is 0. The maximum Gasteiger partial charge on any atom is 0.134 e. The molecule has 0 aliphatic rings. The number of rotatable bonds is 3. The molecule has 3 nitrogen and oxygen atoms in total. The van der Waals surface area contributed by atoms with E-state index in [9.17, 15) is 5.11 Å². The molecule has 0 heterocycles. The molecule has 0 aromatic heterocycles. The molecule has 0 fully saturated rings. The molecule has 12 heavy (non-hydrogen) atoms. The van der Waals surface area contributed by atoms with E-state index in [0.717, 1.165) is 0 Å². The van der Waals surface area contributed by atoms with E-state index in [1.807, 2.05) is 14.0 Å². The molecule has 0 aliphatic carbocycles. The molecule has 0 spiro atoms. The van der Waals surface area contributed by atoms with Gasteiger partial charge in [0, 0.05) is 14.1 Å². The van der Waals surface area contributed by atoms with Crippen LogP contribution in [0.4, 0.5) is 0 Å². The number of hydrogen-bond donors (Lipinski definition) is 1. The summed E-state index contributed by atoms with van der Waals surface area (Å²) in [6.07, 6.45) is 2.27. The van der Waals surface area contributed by atoms with Gasteiger partial charge in [-0.15, -0.1) is 0 Å². The molecule has 70 valence electrons. The third kappa shape index (κ3) is 2.34. The maximum atomic E-state index is 9.86. The van der Waals surface area contributed by atoms with Crippen LogP contribution in [0.1, 0.15) is 20.3 Å². The van der Waals surface area contributed by atoms with E-state index in [1.165, 1.54) is 0 Å². The normalized spacial score (nSPS) is 16.9. The number of hydrogen-bond acceptors (Lipinski definition) is 2. The van der Waals surface area contributed by atoms with Crippen LogP contribution in [-0.4, -0.2) is 35.5 Å². The van der Waals surface area contributed by atoms with Gasteiger partial charge in [-0.3, -0.25) is 4.99 Å². The zero-order valence-corrected chi connectivity index (χ0v) is 8.33. The Kier molecular flexibility index (Phi) is 3.96. The van der Waals surface area contributed by atoms with Gasteiger partial charge in [0.25, 0.3) is 0 Å². The molecule has 0 rings (SSSR count). The number of amidine groups is 1. The largest absolute Gasteiger partial charge is 0.382 e. The first-order valence-corrected chi connectivity index (χ1v) is 4.04. The molecule has 0 aromatic rings. The van der Waals surface area contributed by atoms with Crippen LogP contribution in [0.2, 0.25) is 0 Å². The number of nitrogens with zero attached hydrogens (tertiary/aromatic N) is 2. The summed E-state index contributed by atoms with van der Waals surface area (Å²) in [4.78, 5) is 5.75. The van der Waals surface area contributed by atoms with Crippen LogP contribution < -0.4 is 0 Å². The monoisotopic (exact) mass is 170 g/mol. The van der Waals surface area contributed by atoms with Crippen molar-refractivity contribution < 1.29 is 5.11 Å². The van der Waals surface area contributed by atoms with Crippen LogP contribution >= 0.6 is 0 Å². The third-order valence-corrected chi connectivity index (χ3v) is 1.99. The second kappa shape index (κ2) is 4.26. The summed E-state index contributed by atoms with van der Waals surface area (Å²) in [5, 5.41) is 9.86. The van der Waals surface area contributed by atoms with Crippen molar-refractivity contribution in [3.05, 3.63) is 12.8 Å². The lowest BCUT2D eigenvalue weighted by Gasteiger charge is -2.28. The van der Waals surface area contributed by atoms with E-state index in [4.69, 9.17) is 0 Å². The highest BCUT2D eigenvalue weighted by Gasteiger charge is 2.26. The first-order chi connectivity index (χ1) is 5.49. The van der Waals surface area contributed by atoms with Gasteiger partial charge in [0.1, 0.15) is 11.4 Å². The Morgan fingerprint density at radius 3 is 2.50 bits per heavy atom. The average molecular weight is 170 g/mol. The lowest BCUT2D eigenvalue weighted by Crippen LogP contribution is -2.42. The van der Waals surface area contributed by atoms with Crippen molar-refractivity contribution in [2.45, 2.75) is 25.9 Å². The van der Waals surface area contributed by atoms with E-state index in [1.54, 1.807) is 25.1 Å². The molecule has 0 radical (unpaired) electrons. The van der Waals surface area contributed by atoms with Gasteiger partial charge in [-0.05, 0) is 19.5 Å². The minimum absolute atomic E-state index is 0.637. The molecule has 0 bridgehead atoms. The highest BCUT2D eigenvalue weighted by Crippen LogP contribution is 2.13. The third-order valence-electron chi connectivity index (χ3n) is 1.99. The first kappa shape index (κ1) is 11.2. The van der Waals surface area contributed by atoms with Gasteiger partial charge in [-0.2, -0.15) is 0 Å². The fourth-order valence-electron chi connectivity index (χ4n) is 1.02. The molecule has 0 aliphatic heterocycles. The van der Waals surface area contributed by atoms with Gasteiger partial charge >= 0.3 is 0 Å². The molecule has 0 saturated heterocycles. The summed E-state index contributed by atoms with van der Waals surface area (Å²) in [5.74, 6) is 0.639. The fraction of sp³-hybridized carbons (Fsp3) is 0.667. The Morgan fingerprint density at radius 2 is 2.25 bits per heavy atom. The Morgan fingerprint density at radius 1 is 1.75 bits per heavy atom. The Labute approximate surface area is 74.4 Å².